The molecule has 1 unspecified atom stereocenters. The summed E-state index contributed by atoms with van der Waals surface area (Å²) in [7, 11) is 0. The molecule has 0 aromatic carbocycles. The monoisotopic (exact) mass is 402 g/mol. The molecule has 0 spiro atoms. The molecule has 3 aliphatic rings. The molecule has 4 atom stereocenters. The second-order valence-corrected chi connectivity index (χ2v) is 9.16. The molecule has 0 bridgehead atoms. The summed E-state index contributed by atoms with van der Waals surface area (Å²) in [5.41, 5.74) is 6.47. The van der Waals surface area contributed by atoms with Crippen molar-refractivity contribution in [3.8, 4) is 12.3 Å². The number of fused-ring (bicyclic) bond motifs is 1. The highest BCUT2D eigenvalue weighted by molar-refractivity contribution is 6.01. The van der Waals surface area contributed by atoms with E-state index in [2.05, 4.69) is 5.92 Å². The Bertz CT molecular complexity index is 827. The van der Waals surface area contributed by atoms with Crippen molar-refractivity contribution in [2.24, 2.45) is 5.73 Å². The number of ketones is 1. The third-order valence-electron chi connectivity index (χ3n) is 5.33. The Morgan fingerprint density at radius 3 is 2.55 bits per heavy atom. The van der Waals surface area contributed by atoms with Crippen LogP contribution in [0.2, 0.25) is 0 Å². The van der Waals surface area contributed by atoms with E-state index in [0.29, 0.717) is 23.3 Å². The number of nitrogens with two attached hydrogens (primary N) is 1. The largest absolute Gasteiger partial charge is 0.444 e. The van der Waals surface area contributed by atoms with Gasteiger partial charge in [-0.15, -0.1) is 6.42 Å². The van der Waals surface area contributed by atoms with Gasteiger partial charge in [-0.25, -0.2) is 4.79 Å². The third kappa shape index (κ3) is 3.92. The first-order valence-electron chi connectivity index (χ1n) is 9.95. The number of amides is 1. The molecular formula is C22H30N2O5. The lowest BCUT2D eigenvalue weighted by Gasteiger charge is -2.36. The van der Waals surface area contributed by atoms with Gasteiger partial charge in [0.15, 0.2) is 11.6 Å². The quantitative estimate of drug-likeness (QED) is 0.714. The number of rotatable bonds is 2. The third-order valence-corrected chi connectivity index (χ3v) is 5.33. The molecular weight excluding hydrogens is 372 g/mol. The first-order chi connectivity index (χ1) is 13.4. The van der Waals surface area contributed by atoms with E-state index < -0.39 is 29.6 Å². The number of likely N-dealkylation sites (tertiary alicyclic amines) is 1. The number of hydrogen-bond donors (Lipinski definition) is 1. The fourth-order valence-electron chi connectivity index (χ4n) is 4.28. The minimum Gasteiger partial charge on any atom is -0.444 e. The van der Waals surface area contributed by atoms with Crippen LogP contribution in [-0.4, -0.2) is 52.5 Å². The molecule has 2 saturated heterocycles. The standard InChI is InChI=1S/C22H30N2O5/c1-8-12-10-13(16(25)11-14(12)23)17-19-18(27-22(6,7)28-19)15(9-2)24(17)20(26)29-21(3,4)5/h1,10,15,17-19H,9,11,23H2,2-7H3/t15-,17?,18-,19+/m1/s1. The Balaban J connectivity index is 2.10. The number of carbonyl (C=O) groups excluding carboxylic acids is 2. The van der Waals surface area contributed by atoms with Crippen LogP contribution < -0.4 is 5.73 Å². The molecule has 158 valence electrons. The van der Waals surface area contributed by atoms with Crippen LogP contribution in [0.1, 0.15) is 54.4 Å². The molecule has 2 N–H and O–H groups in total. The Morgan fingerprint density at radius 1 is 1.38 bits per heavy atom. The predicted molar refractivity (Wildman–Crippen MR) is 108 cm³/mol. The highest BCUT2D eigenvalue weighted by Gasteiger charge is 2.61. The normalized spacial score (nSPS) is 31.4. The van der Waals surface area contributed by atoms with E-state index in [1.807, 2.05) is 20.8 Å². The molecule has 1 aliphatic carbocycles. The molecule has 7 nitrogen and oxygen atoms in total. The second-order valence-electron chi connectivity index (χ2n) is 9.16. The molecule has 2 aliphatic heterocycles. The van der Waals surface area contributed by atoms with Crippen LogP contribution >= 0.6 is 0 Å². The fraction of sp³-hybridized carbons (Fsp3) is 0.636. The lowest BCUT2D eigenvalue weighted by atomic mass is 9.88. The second kappa shape index (κ2) is 7.19. The van der Waals surface area contributed by atoms with Gasteiger partial charge in [0.05, 0.1) is 18.5 Å². The SMILES string of the molecule is C#CC1=C(N)CC(=O)C(C2[C@@H]3OC(C)(C)O[C@@H]3[C@@H](CC)N2C(=O)OC(C)(C)C)=C1. The first kappa shape index (κ1) is 21.4. The zero-order valence-corrected chi connectivity index (χ0v) is 17.9. The van der Waals surface area contributed by atoms with Crippen molar-refractivity contribution >= 4 is 11.9 Å². The van der Waals surface area contributed by atoms with Crippen molar-refractivity contribution < 1.29 is 23.8 Å². The van der Waals surface area contributed by atoms with Crippen molar-refractivity contribution in [1.29, 1.82) is 0 Å². The molecule has 0 radical (unpaired) electrons. The number of ether oxygens (including phenoxy) is 3. The van der Waals surface area contributed by atoms with E-state index in [9.17, 15) is 9.59 Å². The number of hydrogen-bond acceptors (Lipinski definition) is 6. The van der Waals surface area contributed by atoms with Gasteiger partial charge in [0.25, 0.3) is 0 Å². The van der Waals surface area contributed by atoms with Crippen molar-refractivity contribution in [2.75, 3.05) is 0 Å². The van der Waals surface area contributed by atoms with Gasteiger partial charge >= 0.3 is 6.09 Å². The van der Waals surface area contributed by atoms with Crippen LogP contribution in [0.4, 0.5) is 4.79 Å². The fourth-order valence-corrected chi connectivity index (χ4v) is 4.28. The maximum absolute atomic E-state index is 13.2. The summed E-state index contributed by atoms with van der Waals surface area (Å²) in [5, 5.41) is 0. The van der Waals surface area contributed by atoms with E-state index in [4.69, 9.17) is 26.4 Å². The van der Waals surface area contributed by atoms with Crippen LogP contribution in [0.5, 0.6) is 0 Å². The van der Waals surface area contributed by atoms with E-state index >= 15 is 0 Å². The van der Waals surface area contributed by atoms with Gasteiger partial charge in [-0.05, 0) is 47.1 Å². The van der Waals surface area contributed by atoms with E-state index in [0.717, 1.165) is 0 Å². The highest BCUT2D eigenvalue weighted by atomic mass is 16.8. The van der Waals surface area contributed by atoms with Crippen molar-refractivity contribution in [1.82, 2.24) is 4.90 Å². The summed E-state index contributed by atoms with van der Waals surface area (Å²) in [5.74, 6) is 1.54. The average Bonchev–Trinajstić information content (AvgIpc) is 3.03. The molecule has 0 saturated carbocycles. The van der Waals surface area contributed by atoms with Crippen LogP contribution in [0.25, 0.3) is 0 Å². The van der Waals surface area contributed by atoms with E-state index in [1.54, 1.807) is 31.7 Å². The molecule has 1 amide bonds. The zero-order valence-electron chi connectivity index (χ0n) is 17.9. The molecule has 0 aromatic heterocycles. The Labute approximate surface area is 172 Å². The van der Waals surface area contributed by atoms with Gasteiger partial charge < -0.3 is 19.9 Å². The van der Waals surface area contributed by atoms with Gasteiger partial charge in [-0.1, -0.05) is 12.8 Å². The van der Waals surface area contributed by atoms with Gasteiger partial charge in [0.1, 0.15) is 17.8 Å². The topological polar surface area (TPSA) is 91.1 Å². The summed E-state index contributed by atoms with van der Waals surface area (Å²) < 4.78 is 18.0. The maximum atomic E-state index is 13.2. The van der Waals surface area contributed by atoms with Gasteiger partial charge in [0, 0.05) is 16.8 Å². The first-order valence-corrected chi connectivity index (χ1v) is 9.95. The number of allylic oxidation sites excluding steroid dienone is 3. The highest BCUT2D eigenvalue weighted by Crippen LogP contribution is 2.45. The molecule has 29 heavy (non-hydrogen) atoms. The Morgan fingerprint density at radius 2 is 2.00 bits per heavy atom. The Kier molecular flexibility index (Phi) is 5.31. The smallest absolute Gasteiger partial charge is 0.411 e. The lowest BCUT2D eigenvalue weighted by Crippen LogP contribution is -2.50. The number of carbonyl (C=O) groups is 2. The number of Topliss-reactive ketones (excluding diaryl/α,β-unsaturated/α-hetero) is 1. The van der Waals surface area contributed by atoms with Crippen LogP contribution in [-0.2, 0) is 19.0 Å². The lowest BCUT2D eigenvalue weighted by molar-refractivity contribution is -0.165. The van der Waals surface area contributed by atoms with Gasteiger partial charge in [-0.2, -0.15) is 0 Å². The van der Waals surface area contributed by atoms with Crippen LogP contribution in [0.3, 0.4) is 0 Å². The van der Waals surface area contributed by atoms with Crippen LogP contribution in [0, 0.1) is 12.3 Å². The minimum atomic E-state index is -0.816. The molecule has 0 aromatic rings. The van der Waals surface area contributed by atoms with Crippen molar-refractivity contribution in [2.45, 2.75) is 90.1 Å². The summed E-state index contributed by atoms with van der Waals surface area (Å²) in [4.78, 5) is 27.7. The molecule has 7 heteroatoms. The summed E-state index contributed by atoms with van der Waals surface area (Å²) in [6.07, 6.45) is 6.43. The number of terminal acetylenes is 1. The number of nitrogens with zero attached hydrogens (tertiary/aromatic N) is 1. The Hall–Kier alpha value is -2.30. The van der Waals surface area contributed by atoms with Crippen molar-refractivity contribution in [3.63, 3.8) is 0 Å². The molecule has 2 heterocycles. The molecule has 3 rings (SSSR count). The average molecular weight is 402 g/mol. The van der Waals surface area contributed by atoms with E-state index in [1.165, 1.54) is 0 Å². The molecule has 2 fully saturated rings. The summed E-state index contributed by atoms with van der Waals surface area (Å²) >= 11 is 0. The maximum Gasteiger partial charge on any atom is 0.411 e. The van der Waals surface area contributed by atoms with E-state index in [-0.39, 0.29) is 24.3 Å². The minimum absolute atomic E-state index is 0.0163. The zero-order chi connectivity index (χ0) is 21.7. The predicted octanol–water partition coefficient (Wildman–Crippen LogP) is 2.65. The van der Waals surface area contributed by atoms with Crippen molar-refractivity contribution in [3.05, 3.63) is 22.9 Å². The van der Waals surface area contributed by atoms with Crippen LogP contribution in [0.15, 0.2) is 22.9 Å². The van der Waals surface area contributed by atoms with Gasteiger partial charge in [-0.3, -0.25) is 9.69 Å². The summed E-state index contributed by atoms with van der Waals surface area (Å²) in [6, 6.07) is -0.960. The van der Waals surface area contributed by atoms with Gasteiger partial charge in [0.2, 0.25) is 0 Å². The summed E-state index contributed by atoms with van der Waals surface area (Å²) in [6.45, 7) is 11.0.